The van der Waals surface area contributed by atoms with E-state index in [-0.39, 0.29) is 12.5 Å². The molecule has 1 aliphatic carbocycles. The van der Waals surface area contributed by atoms with Crippen LogP contribution in [0.1, 0.15) is 30.5 Å². The summed E-state index contributed by atoms with van der Waals surface area (Å²) in [6.07, 6.45) is 7.65. The van der Waals surface area contributed by atoms with Gasteiger partial charge in [-0.2, -0.15) is 0 Å². The molecule has 2 rings (SSSR count). The number of allylic oxidation sites excluding steroid dienone is 4. The van der Waals surface area contributed by atoms with Crippen molar-refractivity contribution >= 4 is 17.5 Å². The minimum absolute atomic E-state index is 0.250. The smallest absolute Gasteiger partial charge is 0.290 e. The minimum Gasteiger partial charge on any atom is -0.483 e. The van der Waals surface area contributed by atoms with Gasteiger partial charge in [-0.05, 0) is 30.9 Å². The topological polar surface area (TPSA) is 57.6 Å². The Morgan fingerprint density at radius 1 is 1.43 bits per heavy atom. The standard InChI is InChI=1S/C17H21NOS.CH2O2/c1-4-14(2)8-7-13-20(19)18(3)17-12-11-15-9-5-6-10-16(15)17;2-1-3/h4-10,13,17H,1,11-12H2,2-3H3;1H,(H,2,3)/b13-7+,14-8-;/t17-,20?;/m1./s1. The molecule has 5 heteroatoms. The summed E-state index contributed by atoms with van der Waals surface area (Å²) in [5.74, 6) is 0. The molecule has 0 saturated heterocycles. The van der Waals surface area contributed by atoms with Gasteiger partial charge in [-0.25, -0.2) is 8.51 Å². The van der Waals surface area contributed by atoms with Crippen molar-refractivity contribution in [2.24, 2.45) is 0 Å². The molecule has 0 radical (unpaired) electrons. The number of carbonyl (C=O) groups is 1. The summed E-state index contributed by atoms with van der Waals surface area (Å²) in [5.41, 5.74) is 3.76. The molecule has 0 aromatic heterocycles. The molecule has 4 nitrogen and oxygen atoms in total. The first-order chi connectivity index (χ1) is 11.0. The maximum atomic E-state index is 12.3. The van der Waals surface area contributed by atoms with Crippen LogP contribution in [0.2, 0.25) is 0 Å². The second kappa shape index (κ2) is 9.92. The Kier molecular flexibility index (Phi) is 8.22. The normalized spacial score (nSPS) is 18.2. The fraction of sp³-hybridized carbons (Fsp3) is 0.278. The highest BCUT2D eigenvalue weighted by molar-refractivity contribution is 7.85. The molecule has 0 spiro atoms. The van der Waals surface area contributed by atoms with Crippen molar-refractivity contribution in [1.29, 1.82) is 0 Å². The van der Waals surface area contributed by atoms with E-state index in [0.717, 1.165) is 18.4 Å². The molecule has 0 saturated carbocycles. The first kappa shape index (κ1) is 19.1. The summed E-state index contributed by atoms with van der Waals surface area (Å²) >= 11 is 0. The highest BCUT2D eigenvalue weighted by atomic mass is 32.2. The highest BCUT2D eigenvalue weighted by Gasteiger charge is 2.27. The highest BCUT2D eigenvalue weighted by Crippen LogP contribution is 2.35. The molecule has 1 aromatic carbocycles. The van der Waals surface area contributed by atoms with Crippen LogP contribution in [0.15, 0.2) is 60.1 Å². The van der Waals surface area contributed by atoms with Gasteiger partial charge in [-0.1, -0.05) is 54.6 Å². The Morgan fingerprint density at radius 2 is 2.09 bits per heavy atom. The van der Waals surface area contributed by atoms with E-state index in [9.17, 15) is 4.21 Å². The van der Waals surface area contributed by atoms with Gasteiger partial charge in [0.15, 0.2) is 0 Å². The van der Waals surface area contributed by atoms with Crippen molar-refractivity contribution in [3.8, 4) is 0 Å². The summed E-state index contributed by atoms with van der Waals surface area (Å²) in [6.45, 7) is 5.41. The van der Waals surface area contributed by atoms with Crippen LogP contribution in [0.25, 0.3) is 0 Å². The van der Waals surface area contributed by atoms with Gasteiger partial charge in [-0.3, -0.25) is 4.79 Å². The van der Waals surface area contributed by atoms with Crippen LogP contribution < -0.4 is 0 Å². The van der Waals surface area contributed by atoms with Crippen LogP contribution in [-0.4, -0.2) is 27.1 Å². The van der Waals surface area contributed by atoms with Crippen molar-refractivity contribution in [1.82, 2.24) is 4.31 Å². The molecule has 1 N–H and O–H groups in total. The van der Waals surface area contributed by atoms with E-state index in [1.807, 2.05) is 30.4 Å². The lowest BCUT2D eigenvalue weighted by Crippen LogP contribution is -2.23. The summed E-state index contributed by atoms with van der Waals surface area (Å²) in [4.78, 5) is 8.36. The number of hydrogen-bond acceptors (Lipinski definition) is 2. The van der Waals surface area contributed by atoms with E-state index in [4.69, 9.17) is 9.90 Å². The number of rotatable bonds is 5. The molecule has 0 bridgehead atoms. The molecular formula is C18H23NO3S. The molecule has 0 aliphatic heterocycles. The van der Waals surface area contributed by atoms with E-state index in [2.05, 4.69) is 30.8 Å². The van der Waals surface area contributed by atoms with Crippen molar-refractivity contribution in [2.75, 3.05) is 7.05 Å². The number of nitrogens with zero attached hydrogens (tertiary/aromatic N) is 1. The van der Waals surface area contributed by atoms with Gasteiger partial charge >= 0.3 is 0 Å². The summed E-state index contributed by atoms with van der Waals surface area (Å²) in [5, 5.41) is 8.62. The van der Waals surface area contributed by atoms with Crippen LogP contribution >= 0.6 is 0 Å². The average Bonchev–Trinajstić information content (AvgIpc) is 2.98. The van der Waals surface area contributed by atoms with Gasteiger partial charge in [0.05, 0.1) is 0 Å². The Hall–Kier alpha value is -1.98. The maximum absolute atomic E-state index is 12.3. The van der Waals surface area contributed by atoms with Gasteiger partial charge in [0.1, 0.15) is 11.0 Å². The summed E-state index contributed by atoms with van der Waals surface area (Å²) in [6, 6.07) is 8.69. The van der Waals surface area contributed by atoms with Crippen molar-refractivity contribution in [3.63, 3.8) is 0 Å². The van der Waals surface area contributed by atoms with Crippen LogP contribution in [0, 0.1) is 0 Å². The van der Waals surface area contributed by atoms with Crippen molar-refractivity contribution in [2.45, 2.75) is 25.8 Å². The first-order valence-corrected chi connectivity index (χ1v) is 8.48. The fourth-order valence-corrected chi connectivity index (χ4v) is 3.33. The van der Waals surface area contributed by atoms with E-state index in [1.54, 1.807) is 11.5 Å². The van der Waals surface area contributed by atoms with E-state index in [0.29, 0.717) is 0 Å². The molecule has 1 unspecified atom stereocenters. The SMILES string of the molecule is C=C/C(C)=C\C=C\S(=O)N(C)[C@@H]1CCc2ccccc21.O=CO. The predicted molar refractivity (Wildman–Crippen MR) is 95.2 cm³/mol. The summed E-state index contributed by atoms with van der Waals surface area (Å²) < 4.78 is 14.2. The second-order valence-corrected chi connectivity index (χ2v) is 6.52. The Balaban J connectivity index is 0.000000816. The third-order valence-corrected chi connectivity index (χ3v) is 4.91. The average molecular weight is 333 g/mol. The lowest BCUT2D eigenvalue weighted by molar-refractivity contribution is -0.122. The largest absolute Gasteiger partial charge is 0.483 e. The Bertz CT molecular complexity index is 622. The van der Waals surface area contributed by atoms with Gasteiger partial charge in [0.25, 0.3) is 6.47 Å². The molecule has 0 fully saturated rings. The van der Waals surface area contributed by atoms with E-state index >= 15 is 0 Å². The molecular weight excluding hydrogens is 310 g/mol. The number of fused-ring (bicyclic) bond motifs is 1. The third-order valence-electron chi connectivity index (χ3n) is 3.70. The molecule has 23 heavy (non-hydrogen) atoms. The van der Waals surface area contributed by atoms with Crippen molar-refractivity contribution in [3.05, 3.63) is 71.2 Å². The number of carboxylic acid groups (broad SMARTS) is 1. The number of aryl methyl sites for hydroxylation is 1. The van der Waals surface area contributed by atoms with Gasteiger partial charge < -0.3 is 5.11 Å². The van der Waals surface area contributed by atoms with Crippen LogP contribution in [0.5, 0.6) is 0 Å². The zero-order chi connectivity index (χ0) is 17.2. The third kappa shape index (κ3) is 5.62. The van der Waals surface area contributed by atoms with Gasteiger partial charge in [-0.15, -0.1) is 0 Å². The Labute approximate surface area is 140 Å². The minimum atomic E-state index is -1.11. The maximum Gasteiger partial charge on any atom is 0.290 e. The van der Waals surface area contributed by atoms with Crippen LogP contribution in [0.4, 0.5) is 0 Å². The number of benzene rings is 1. The molecule has 1 aliphatic rings. The van der Waals surface area contributed by atoms with E-state index in [1.165, 1.54) is 11.1 Å². The Morgan fingerprint density at radius 3 is 2.74 bits per heavy atom. The summed E-state index contributed by atoms with van der Waals surface area (Å²) in [7, 11) is 0.821. The van der Waals surface area contributed by atoms with Crippen molar-refractivity contribution < 1.29 is 14.1 Å². The molecule has 0 amide bonds. The lowest BCUT2D eigenvalue weighted by Gasteiger charge is -2.22. The van der Waals surface area contributed by atoms with Crippen LogP contribution in [0.3, 0.4) is 0 Å². The van der Waals surface area contributed by atoms with Gasteiger partial charge in [0.2, 0.25) is 0 Å². The zero-order valence-corrected chi connectivity index (χ0v) is 14.3. The first-order valence-electron chi connectivity index (χ1n) is 7.31. The quantitative estimate of drug-likeness (QED) is 0.661. The second-order valence-electron chi connectivity index (χ2n) is 5.12. The molecule has 124 valence electrons. The van der Waals surface area contributed by atoms with Crippen LogP contribution in [-0.2, 0) is 22.2 Å². The monoisotopic (exact) mass is 333 g/mol. The molecule has 0 heterocycles. The van der Waals surface area contributed by atoms with E-state index < -0.39 is 11.0 Å². The molecule has 1 aromatic rings. The fourth-order valence-electron chi connectivity index (χ4n) is 2.46. The lowest BCUT2D eigenvalue weighted by atomic mass is 10.1. The zero-order valence-electron chi connectivity index (χ0n) is 13.5. The van der Waals surface area contributed by atoms with Gasteiger partial charge in [0, 0.05) is 18.5 Å². The molecule has 2 atom stereocenters. The predicted octanol–water partition coefficient (Wildman–Crippen LogP) is 3.62. The number of hydrogen-bond donors (Lipinski definition) is 1.